The Morgan fingerprint density at radius 2 is 1.91 bits per heavy atom. The fourth-order valence-corrected chi connectivity index (χ4v) is 2.29. The van der Waals surface area contributed by atoms with Gasteiger partial charge >= 0.3 is 0 Å². The summed E-state index contributed by atoms with van der Waals surface area (Å²) in [6, 6.07) is 15.3. The van der Waals surface area contributed by atoms with Gasteiger partial charge in [-0.3, -0.25) is 0 Å². The molecule has 0 unspecified atom stereocenters. The summed E-state index contributed by atoms with van der Waals surface area (Å²) in [7, 11) is 0. The van der Waals surface area contributed by atoms with Crippen molar-refractivity contribution in [1.82, 2.24) is 4.98 Å². The molecule has 0 aliphatic rings. The highest BCUT2D eigenvalue weighted by Crippen LogP contribution is 2.28. The molecule has 0 bridgehead atoms. The van der Waals surface area contributed by atoms with E-state index in [4.69, 9.17) is 21.3 Å². The first-order chi connectivity index (χ1) is 11.2. The van der Waals surface area contributed by atoms with E-state index in [9.17, 15) is 4.39 Å². The molecule has 0 radical (unpaired) electrons. The predicted octanol–water partition coefficient (Wildman–Crippen LogP) is 4.62. The van der Waals surface area contributed by atoms with Crippen LogP contribution in [0.4, 0.5) is 10.3 Å². The summed E-state index contributed by atoms with van der Waals surface area (Å²) in [4.78, 5) is 4.03. The fraction of sp³-hybridized carbons (Fsp3) is 0.0588. The zero-order chi connectivity index (χ0) is 16.2. The molecule has 0 aliphatic heterocycles. The number of hydrogen-bond acceptors (Lipinski definition) is 4. The van der Waals surface area contributed by atoms with Gasteiger partial charge in [-0.15, -0.1) is 0 Å². The number of nitrogens with one attached hydrogen (secondary N) is 1. The Kier molecular flexibility index (Phi) is 4.26. The summed E-state index contributed by atoms with van der Waals surface area (Å²) >= 11 is 6.09. The molecule has 0 saturated heterocycles. The molecular formula is C17H11ClFN3O. The molecule has 1 N–H and O–H groups in total. The highest BCUT2D eigenvalue weighted by molar-refractivity contribution is 6.31. The van der Waals surface area contributed by atoms with Gasteiger partial charge in [0.1, 0.15) is 11.9 Å². The van der Waals surface area contributed by atoms with Crippen LogP contribution in [0.15, 0.2) is 52.9 Å². The zero-order valence-corrected chi connectivity index (χ0v) is 12.6. The van der Waals surface area contributed by atoms with E-state index in [0.717, 1.165) is 5.56 Å². The van der Waals surface area contributed by atoms with Crippen LogP contribution < -0.4 is 5.32 Å². The van der Waals surface area contributed by atoms with E-state index in [1.165, 1.54) is 6.07 Å². The number of nitriles is 1. The molecule has 3 rings (SSSR count). The number of oxazole rings is 1. The minimum atomic E-state index is -0.462. The van der Waals surface area contributed by atoms with Crippen LogP contribution in [0.1, 0.15) is 11.3 Å². The van der Waals surface area contributed by atoms with Crippen LogP contribution in [0.3, 0.4) is 0 Å². The molecule has 0 amide bonds. The van der Waals surface area contributed by atoms with E-state index in [1.54, 1.807) is 24.3 Å². The van der Waals surface area contributed by atoms with Crippen molar-refractivity contribution in [2.24, 2.45) is 0 Å². The maximum Gasteiger partial charge on any atom is 0.233 e. The average Bonchev–Trinajstić information content (AvgIpc) is 2.97. The summed E-state index contributed by atoms with van der Waals surface area (Å²) in [6.45, 7) is 0.361. The first-order valence-corrected chi connectivity index (χ1v) is 7.20. The quantitative estimate of drug-likeness (QED) is 0.759. The van der Waals surface area contributed by atoms with E-state index in [1.807, 2.05) is 24.3 Å². The Bertz CT molecular complexity index is 886. The smallest absolute Gasteiger partial charge is 0.233 e. The fourth-order valence-electron chi connectivity index (χ4n) is 2.08. The number of halogens is 2. The standard InChI is InChI=1S/C17H11ClFN3O/c18-13-7-3-1-5-11(13)10-21-17-15(9-20)22-16(23-17)12-6-2-4-8-14(12)19/h1-8,21H,10H2. The van der Waals surface area contributed by atoms with Gasteiger partial charge in [-0.25, -0.2) is 4.39 Å². The van der Waals surface area contributed by atoms with Crippen LogP contribution in [-0.4, -0.2) is 4.98 Å². The van der Waals surface area contributed by atoms with Crippen molar-refractivity contribution < 1.29 is 8.81 Å². The minimum Gasteiger partial charge on any atom is -0.419 e. The molecular weight excluding hydrogens is 317 g/mol. The van der Waals surface area contributed by atoms with Crippen molar-refractivity contribution in [2.75, 3.05) is 5.32 Å². The van der Waals surface area contributed by atoms with Gasteiger partial charge in [0.05, 0.1) is 5.56 Å². The number of benzene rings is 2. The number of anilines is 1. The van der Waals surface area contributed by atoms with Crippen molar-refractivity contribution in [3.05, 3.63) is 70.6 Å². The molecule has 0 fully saturated rings. The van der Waals surface area contributed by atoms with Crippen LogP contribution in [-0.2, 0) is 6.54 Å². The van der Waals surface area contributed by atoms with Gasteiger partial charge in [-0.1, -0.05) is 41.9 Å². The molecule has 0 spiro atoms. The van der Waals surface area contributed by atoms with Gasteiger partial charge in [0.2, 0.25) is 17.5 Å². The first-order valence-electron chi connectivity index (χ1n) is 6.82. The molecule has 3 aromatic rings. The highest BCUT2D eigenvalue weighted by Gasteiger charge is 2.17. The van der Waals surface area contributed by atoms with Gasteiger partial charge in [-0.2, -0.15) is 10.2 Å². The SMILES string of the molecule is N#Cc1nc(-c2ccccc2F)oc1NCc1ccccc1Cl. The van der Waals surface area contributed by atoms with Crippen LogP contribution in [0, 0.1) is 17.1 Å². The van der Waals surface area contributed by atoms with Crippen molar-refractivity contribution in [1.29, 1.82) is 5.26 Å². The molecule has 1 aromatic heterocycles. The minimum absolute atomic E-state index is 0.0568. The third-order valence-corrected chi connectivity index (χ3v) is 3.60. The monoisotopic (exact) mass is 327 g/mol. The Hall–Kier alpha value is -2.84. The molecule has 6 heteroatoms. The van der Waals surface area contributed by atoms with Gasteiger partial charge in [0, 0.05) is 11.6 Å². The van der Waals surface area contributed by atoms with E-state index < -0.39 is 5.82 Å². The maximum absolute atomic E-state index is 13.8. The lowest BCUT2D eigenvalue weighted by Crippen LogP contribution is -2.00. The van der Waals surface area contributed by atoms with Gasteiger partial charge in [-0.05, 0) is 23.8 Å². The molecule has 23 heavy (non-hydrogen) atoms. The largest absolute Gasteiger partial charge is 0.419 e. The number of rotatable bonds is 4. The Morgan fingerprint density at radius 1 is 1.17 bits per heavy atom. The first kappa shape index (κ1) is 15.1. The predicted molar refractivity (Wildman–Crippen MR) is 85.4 cm³/mol. The molecule has 114 valence electrons. The Labute approximate surface area is 137 Å². The summed E-state index contributed by atoms with van der Waals surface area (Å²) in [5.74, 6) is -0.220. The Morgan fingerprint density at radius 3 is 2.65 bits per heavy atom. The molecule has 0 saturated carbocycles. The van der Waals surface area contributed by atoms with Crippen LogP contribution in [0.5, 0.6) is 0 Å². The van der Waals surface area contributed by atoms with E-state index >= 15 is 0 Å². The third-order valence-electron chi connectivity index (χ3n) is 3.23. The molecule has 4 nitrogen and oxygen atoms in total. The average molecular weight is 328 g/mol. The Balaban J connectivity index is 1.87. The number of hydrogen-bond donors (Lipinski definition) is 1. The van der Waals surface area contributed by atoms with Crippen LogP contribution in [0.25, 0.3) is 11.5 Å². The highest BCUT2D eigenvalue weighted by atomic mass is 35.5. The van der Waals surface area contributed by atoms with E-state index in [0.29, 0.717) is 11.6 Å². The summed E-state index contributed by atoms with van der Waals surface area (Å²) in [6.07, 6.45) is 0. The summed E-state index contributed by atoms with van der Waals surface area (Å²) in [5, 5.41) is 12.7. The normalized spacial score (nSPS) is 10.3. The van der Waals surface area contributed by atoms with Crippen molar-refractivity contribution in [2.45, 2.75) is 6.54 Å². The lowest BCUT2D eigenvalue weighted by Gasteiger charge is -2.05. The third kappa shape index (κ3) is 3.17. The molecule has 0 aliphatic carbocycles. The molecule has 1 heterocycles. The van der Waals surface area contributed by atoms with Crippen LogP contribution >= 0.6 is 11.6 Å². The lowest BCUT2D eigenvalue weighted by molar-refractivity contribution is 0.571. The second-order valence-electron chi connectivity index (χ2n) is 4.73. The molecule has 2 aromatic carbocycles. The number of aromatic nitrogens is 1. The summed E-state index contributed by atoms with van der Waals surface area (Å²) in [5.41, 5.74) is 1.12. The summed E-state index contributed by atoms with van der Waals surface area (Å²) < 4.78 is 19.3. The second-order valence-corrected chi connectivity index (χ2v) is 5.14. The zero-order valence-electron chi connectivity index (χ0n) is 11.9. The van der Waals surface area contributed by atoms with Gasteiger partial charge < -0.3 is 9.73 Å². The molecule has 0 atom stereocenters. The van der Waals surface area contributed by atoms with Crippen molar-refractivity contribution >= 4 is 17.5 Å². The van der Waals surface area contributed by atoms with Crippen LogP contribution in [0.2, 0.25) is 5.02 Å². The van der Waals surface area contributed by atoms with Crippen molar-refractivity contribution in [3.8, 4) is 17.5 Å². The number of nitrogens with zero attached hydrogens (tertiary/aromatic N) is 2. The van der Waals surface area contributed by atoms with Gasteiger partial charge in [0.25, 0.3) is 0 Å². The van der Waals surface area contributed by atoms with E-state index in [-0.39, 0.29) is 23.0 Å². The van der Waals surface area contributed by atoms with Crippen molar-refractivity contribution in [3.63, 3.8) is 0 Å². The second kappa shape index (κ2) is 6.51. The lowest BCUT2D eigenvalue weighted by atomic mass is 10.2. The van der Waals surface area contributed by atoms with Gasteiger partial charge in [0.15, 0.2) is 0 Å². The maximum atomic E-state index is 13.8. The topological polar surface area (TPSA) is 61.9 Å². The van der Waals surface area contributed by atoms with E-state index in [2.05, 4.69) is 10.3 Å².